The number of halogens is 2. The third kappa shape index (κ3) is 2.08. The van der Waals surface area contributed by atoms with Gasteiger partial charge in [-0.2, -0.15) is 0 Å². The van der Waals surface area contributed by atoms with E-state index in [0.717, 1.165) is 11.9 Å². The van der Waals surface area contributed by atoms with Gasteiger partial charge in [0.25, 0.3) is 0 Å². The number of nitrogens with one attached hydrogen (secondary N) is 1. The van der Waals surface area contributed by atoms with Crippen LogP contribution in [0.5, 0.6) is 0 Å². The lowest BCUT2D eigenvalue weighted by atomic mass is 10.1. The standard InChI is InChI=1S/C13H13ClFN3O/c14-6-11-17-13-9(15)2-1-3-10(13)18(11)8-4-5-12(19)16-7-8/h1-3,8H,4-7H2,(H,16,19). The van der Waals surface area contributed by atoms with Gasteiger partial charge in [0.1, 0.15) is 11.3 Å². The van der Waals surface area contributed by atoms with Crippen molar-refractivity contribution in [1.82, 2.24) is 14.9 Å². The summed E-state index contributed by atoms with van der Waals surface area (Å²) >= 11 is 5.91. The van der Waals surface area contributed by atoms with Crippen LogP contribution >= 0.6 is 11.6 Å². The van der Waals surface area contributed by atoms with Gasteiger partial charge in [-0.25, -0.2) is 9.37 Å². The lowest BCUT2D eigenvalue weighted by Crippen LogP contribution is -2.36. The molecule has 0 aliphatic carbocycles. The maximum absolute atomic E-state index is 13.8. The average molecular weight is 282 g/mol. The normalized spacial score (nSPS) is 19.7. The summed E-state index contributed by atoms with van der Waals surface area (Å²) in [5, 5.41) is 2.83. The van der Waals surface area contributed by atoms with E-state index in [1.54, 1.807) is 6.07 Å². The van der Waals surface area contributed by atoms with Crippen LogP contribution in [0.3, 0.4) is 0 Å². The molecule has 1 saturated heterocycles. The minimum Gasteiger partial charge on any atom is -0.354 e. The highest BCUT2D eigenvalue weighted by molar-refractivity contribution is 6.16. The highest BCUT2D eigenvalue weighted by Gasteiger charge is 2.24. The zero-order valence-electron chi connectivity index (χ0n) is 10.2. The Bertz CT molecular complexity index is 630. The Kier molecular flexibility index (Phi) is 3.14. The molecule has 1 fully saturated rings. The number of rotatable bonds is 2. The second-order valence-corrected chi connectivity index (χ2v) is 4.90. The van der Waals surface area contributed by atoms with E-state index in [1.165, 1.54) is 6.07 Å². The zero-order chi connectivity index (χ0) is 13.4. The van der Waals surface area contributed by atoms with E-state index in [0.29, 0.717) is 24.3 Å². The van der Waals surface area contributed by atoms with Gasteiger partial charge in [0.15, 0.2) is 5.82 Å². The van der Waals surface area contributed by atoms with Crippen molar-refractivity contribution in [1.29, 1.82) is 0 Å². The van der Waals surface area contributed by atoms with Crippen LogP contribution in [0.25, 0.3) is 11.0 Å². The average Bonchev–Trinajstić information content (AvgIpc) is 2.80. The Morgan fingerprint density at radius 1 is 1.53 bits per heavy atom. The zero-order valence-corrected chi connectivity index (χ0v) is 11.0. The first kappa shape index (κ1) is 12.4. The molecule has 1 aliphatic heterocycles. The molecule has 4 nitrogen and oxygen atoms in total. The largest absolute Gasteiger partial charge is 0.354 e. The Morgan fingerprint density at radius 2 is 2.37 bits per heavy atom. The van der Waals surface area contributed by atoms with Gasteiger partial charge >= 0.3 is 0 Å². The highest BCUT2D eigenvalue weighted by atomic mass is 35.5. The number of aromatic nitrogens is 2. The van der Waals surface area contributed by atoms with E-state index in [9.17, 15) is 9.18 Å². The Balaban J connectivity index is 2.11. The quantitative estimate of drug-likeness (QED) is 0.859. The van der Waals surface area contributed by atoms with Crippen LogP contribution in [-0.2, 0) is 10.7 Å². The first-order valence-electron chi connectivity index (χ1n) is 6.18. The van der Waals surface area contributed by atoms with Crippen LogP contribution in [0.1, 0.15) is 24.7 Å². The van der Waals surface area contributed by atoms with Crippen LogP contribution in [0.15, 0.2) is 18.2 Å². The summed E-state index contributed by atoms with van der Waals surface area (Å²) in [6.07, 6.45) is 1.19. The first-order valence-corrected chi connectivity index (χ1v) is 6.72. The van der Waals surface area contributed by atoms with Gasteiger partial charge in [0, 0.05) is 13.0 Å². The molecule has 1 aromatic carbocycles. The lowest BCUT2D eigenvalue weighted by molar-refractivity contribution is -0.122. The molecule has 1 aromatic heterocycles. The number of fused-ring (bicyclic) bond motifs is 1. The number of benzene rings is 1. The van der Waals surface area contributed by atoms with Crippen molar-refractivity contribution < 1.29 is 9.18 Å². The van der Waals surface area contributed by atoms with Crippen molar-refractivity contribution in [3.8, 4) is 0 Å². The number of para-hydroxylation sites is 1. The topological polar surface area (TPSA) is 46.9 Å². The number of alkyl halides is 1. The van der Waals surface area contributed by atoms with Crippen LogP contribution in [-0.4, -0.2) is 22.0 Å². The van der Waals surface area contributed by atoms with Crippen molar-refractivity contribution in [2.75, 3.05) is 6.54 Å². The van der Waals surface area contributed by atoms with Crippen molar-refractivity contribution >= 4 is 28.5 Å². The predicted octanol–water partition coefficient (Wildman–Crippen LogP) is 2.37. The molecule has 100 valence electrons. The molecule has 0 spiro atoms. The molecule has 19 heavy (non-hydrogen) atoms. The third-order valence-electron chi connectivity index (χ3n) is 3.47. The lowest BCUT2D eigenvalue weighted by Gasteiger charge is -2.25. The molecule has 1 atom stereocenters. The number of carbonyl (C=O) groups excluding carboxylic acids is 1. The molecule has 0 bridgehead atoms. The second kappa shape index (κ2) is 4.81. The Morgan fingerprint density at radius 3 is 3.05 bits per heavy atom. The molecule has 6 heteroatoms. The first-order chi connectivity index (χ1) is 9.20. The third-order valence-corrected chi connectivity index (χ3v) is 3.71. The molecule has 0 radical (unpaired) electrons. The fourth-order valence-corrected chi connectivity index (χ4v) is 2.76. The molecule has 0 saturated carbocycles. The van der Waals surface area contributed by atoms with Crippen LogP contribution in [0.2, 0.25) is 0 Å². The van der Waals surface area contributed by atoms with Gasteiger partial charge in [0.2, 0.25) is 5.91 Å². The van der Waals surface area contributed by atoms with Gasteiger partial charge in [0.05, 0.1) is 17.4 Å². The maximum atomic E-state index is 13.8. The number of carbonyl (C=O) groups is 1. The summed E-state index contributed by atoms with van der Waals surface area (Å²) in [4.78, 5) is 15.5. The fraction of sp³-hybridized carbons (Fsp3) is 0.385. The number of amides is 1. The molecule has 2 aromatic rings. The second-order valence-electron chi connectivity index (χ2n) is 4.64. The maximum Gasteiger partial charge on any atom is 0.220 e. The van der Waals surface area contributed by atoms with Crippen molar-refractivity contribution in [2.24, 2.45) is 0 Å². The molecule has 3 rings (SSSR count). The van der Waals surface area contributed by atoms with Crippen molar-refractivity contribution in [3.63, 3.8) is 0 Å². The smallest absolute Gasteiger partial charge is 0.220 e. The van der Waals surface area contributed by atoms with Gasteiger partial charge in [-0.05, 0) is 18.6 Å². The van der Waals surface area contributed by atoms with Crippen LogP contribution in [0.4, 0.5) is 4.39 Å². The van der Waals surface area contributed by atoms with Gasteiger partial charge in [-0.15, -0.1) is 11.6 Å². The minimum absolute atomic E-state index is 0.0549. The molecule has 1 amide bonds. The molecule has 1 aliphatic rings. The van der Waals surface area contributed by atoms with E-state index in [4.69, 9.17) is 11.6 Å². The van der Waals surface area contributed by atoms with E-state index in [-0.39, 0.29) is 23.6 Å². The predicted molar refractivity (Wildman–Crippen MR) is 70.5 cm³/mol. The SMILES string of the molecule is O=C1CCC(n2c(CCl)nc3c(F)cccc32)CN1. The van der Waals surface area contributed by atoms with Gasteiger partial charge in [-0.1, -0.05) is 6.07 Å². The van der Waals surface area contributed by atoms with E-state index in [1.807, 2.05) is 10.6 Å². The van der Waals surface area contributed by atoms with Crippen LogP contribution < -0.4 is 5.32 Å². The van der Waals surface area contributed by atoms with E-state index in [2.05, 4.69) is 10.3 Å². The molecule has 1 N–H and O–H groups in total. The highest BCUT2D eigenvalue weighted by Crippen LogP contribution is 2.27. The number of imidazole rings is 1. The van der Waals surface area contributed by atoms with Crippen molar-refractivity contribution in [3.05, 3.63) is 29.8 Å². The van der Waals surface area contributed by atoms with E-state index < -0.39 is 0 Å². The molecular weight excluding hydrogens is 269 g/mol. The summed E-state index contributed by atoms with van der Waals surface area (Å²) in [6, 6.07) is 4.96. The Hall–Kier alpha value is -1.62. The minimum atomic E-state index is -0.345. The number of piperidine rings is 1. The summed E-state index contributed by atoms with van der Waals surface area (Å²) in [5.74, 6) is 0.572. The van der Waals surface area contributed by atoms with E-state index >= 15 is 0 Å². The molecule has 1 unspecified atom stereocenters. The summed E-state index contributed by atoms with van der Waals surface area (Å²) in [7, 11) is 0. The summed E-state index contributed by atoms with van der Waals surface area (Å²) in [5.41, 5.74) is 1.08. The number of hydrogen-bond acceptors (Lipinski definition) is 2. The van der Waals surface area contributed by atoms with Gasteiger partial charge < -0.3 is 9.88 Å². The number of hydrogen-bond donors (Lipinski definition) is 1. The summed E-state index contributed by atoms with van der Waals surface area (Å²) < 4.78 is 15.7. The van der Waals surface area contributed by atoms with Crippen LogP contribution in [0, 0.1) is 5.82 Å². The Labute approximate surface area is 114 Å². The monoisotopic (exact) mass is 281 g/mol. The summed E-state index contributed by atoms with van der Waals surface area (Å²) in [6.45, 7) is 0.532. The number of nitrogens with zero attached hydrogens (tertiary/aromatic N) is 2. The molecule has 2 heterocycles. The fourth-order valence-electron chi connectivity index (χ4n) is 2.57. The van der Waals surface area contributed by atoms with Crippen molar-refractivity contribution in [2.45, 2.75) is 24.8 Å². The molecular formula is C13H13ClFN3O. The van der Waals surface area contributed by atoms with Gasteiger partial charge in [-0.3, -0.25) is 4.79 Å².